The average molecular weight is 309 g/mol. The maximum Gasteiger partial charge on any atom is 0.134 e. The molecule has 0 bridgehead atoms. The molecule has 1 aliphatic rings. The molecule has 1 aromatic carbocycles. The van der Waals surface area contributed by atoms with Crippen molar-refractivity contribution in [1.82, 2.24) is 10.3 Å². The van der Waals surface area contributed by atoms with Crippen LogP contribution in [0.15, 0.2) is 18.2 Å². The predicted molar refractivity (Wildman–Crippen MR) is 83.6 cm³/mol. The van der Waals surface area contributed by atoms with Crippen LogP contribution in [0, 0.1) is 0 Å². The molecule has 0 aliphatic heterocycles. The first-order valence-corrected chi connectivity index (χ1v) is 8.10. The van der Waals surface area contributed by atoms with Gasteiger partial charge in [-0.1, -0.05) is 18.5 Å². The average Bonchev–Trinajstić information content (AvgIpc) is 2.87. The summed E-state index contributed by atoms with van der Waals surface area (Å²) in [7, 11) is 0. The Bertz CT molecular complexity index is 626. The SMILES string of the molecule is CCNC1CCCc2nc(-c3ccc(O)c(Cl)c3)sc21. The summed E-state index contributed by atoms with van der Waals surface area (Å²) in [5.41, 5.74) is 2.19. The lowest BCUT2D eigenvalue weighted by atomic mass is 9.98. The summed E-state index contributed by atoms with van der Waals surface area (Å²) in [4.78, 5) is 6.12. The Hall–Kier alpha value is -1.10. The Morgan fingerprint density at radius 2 is 2.35 bits per heavy atom. The molecular formula is C15H17ClN2OS. The maximum absolute atomic E-state index is 9.51. The van der Waals surface area contributed by atoms with Gasteiger partial charge in [0.15, 0.2) is 0 Å². The molecule has 106 valence electrons. The van der Waals surface area contributed by atoms with E-state index in [4.69, 9.17) is 16.6 Å². The molecule has 5 heteroatoms. The molecule has 20 heavy (non-hydrogen) atoms. The van der Waals surface area contributed by atoms with Crippen molar-refractivity contribution in [2.24, 2.45) is 0 Å². The number of aromatic hydroxyl groups is 1. The molecule has 3 nitrogen and oxygen atoms in total. The van der Waals surface area contributed by atoms with E-state index >= 15 is 0 Å². The summed E-state index contributed by atoms with van der Waals surface area (Å²) >= 11 is 7.72. The predicted octanol–water partition coefficient (Wildman–Crippen LogP) is 4.16. The van der Waals surface area contributed by atoms with Crippen LogP contribution in [-0.4, -0.2) is 16.6 Å². The molecule has 0 fully saturated rings. The van der Waals surface area contributed by atoms with Gasteiger partial charge < -0.3 is 10.4 Å². The van der Waals surface area contributed by atoms with Crippen molar-refractivity contribution in [1.29, 1.82) is 0 Å². The Labute approximate surface area is 127 Å². The molecule has 0 radical (unpaired) electrons. The first-order chi connectivity index (χ1) is 9.69. The number of nitrogens with zero attached hydrogens (tertiary/aromatic N) is 1. The number of benzene rings is 1. The lowest BCUT2D eigenvalue weighted by Gasteiger charge is -2.21. The molecule has 1 atom stereocenters. The van der Waals surface area contributed by atoms with Gasteiger partial charge in [-0.15, -0.1) is 11.3 Å². The van der Waals surface area contributed by atoms with E-state index in [1.54, 1.807) is 23.5 Å². The quantitative estimate of drug-likeness (QED) is 0.895. The summed E-state index contributed by atoms with van der Waals surface area (Å²) in [6.07, 6.45) is 3.42. The van der Waals surface area contributed by atoms with Crippen molar-refractivity contribution < 1.29 is 5.11 Å². The van der Waals surface area contributed by atoms with Gasteiger partial charge in [-0.2, -0.15) is 0 Å². The molecule has 1 aromatic heterocycles. The normalized spacial score (nSPS) is 18.0. The van der Waals surface area contributed by atoms with Crippen molar-refractivity contribution in [2.45, 2.75) is 32.2 Å². The highest BCUT2D eigenvalue weighted by atomic mass is 35.5. The van der Waals surface area contributed by atoms with E-state index in [2.05, 4.69) is 12.2 Å². The fourth-order valence-electron chi connectivity index (χ4n) is 2.62. The molecule has 2 N–H and O–H groups in total. The molecule has 0 spiro atoms. The number of hydrogen-bond acceptors (Lipinski definition) is 4. The van der Waals surface area contributed by atoms with Gasteiger partial charge >= 0.3 is 0 Å². The van der Waals surface area contributed by atoms with Crippen LogP contribution >= 0.6 is 22.9 Å². The van der Waals surface area contributed by atoms with Crippen LogP contribution in [0.2, 0.25) is 5.02 Å². The van der Waals surface area contributed by atoms with Crippen LogP contribution in [0.25, 0.3) is 10.6 Å². The van der Waals surface area contributed by atoms with Crippen LogP contribution in [-0.2, 0) is 6.42 Å². The molecule has 1 unspecified atom stereocenters. The van der Waals surface area contributed by atoms with Crippen LogP contribution in [0.3, 0.4) is 0 Å². The molecule has 0 saturated carbocycles. The zero-order chi connectivity index (χ0) is 14.1. The summed E-state index contributed by atoms with van der Waals surface area (Å²) in [6.45, 7) is 3.11. The van der Waals surface area contributed by atoms with Crippen LogP contribution in [0.1, 0.15) is 36.4 Å². The molecule has 0 amide bonds. The Kier molecular flexibility index (Phi) is 3.96. The monoisotopic (exact) mass is 308 g/mol. The van der Waals surface area contributed by atoms with Crippen molar-refractivity contribution >= 4 is 22.9 Å². The summed E-state index contributed by atoms with van der Waals surface area (Å²) in [5, 5.41) is 14.4. The van der Waals surface area contributed by atoms with E-state index in [9.17, 15) is 5.11 Å². The zero-order valence-electron chi connectivity index (χ0n) is 11.3. The molecular weight excluding hydrogens is 292 g/mol. The van der Waals surface area contributed by atoms with Gasteiger partial charge in [-0.05, 0) is 44.0 Å². The summed E-state index contributed by atoms with van der Waals surface area (Å²) in [6, 6.07) is 5.71. The number of aryl methyl sites for hydroxylation is 1. The van der Waals surface area contributed by atoms with E-state index in [1.165, 1.54) is 23.4 Å². The van der Waals surface area contributed by atoms with Gasteiger partial charge in [0.2, 0.25) is 0 Å². The lowest BCUT2D eigenvalue weighted by Crippen LogP contribution is -2.23. The number of phenols is 1. The second-order valence-corrected chi connectivity index (χ2v) is 6.44. The van der Waals surface area contributed by atoms with Gasteiger partial charge in [0.1, 0.15) is 10.8 Å². The van der Waals surface area contributed by atoms with Crippen LogP contribution in [0.5, 0.6) is 5.75 Å². The number of halogens is 1. The Morgan fingerprint density at radius 3 is 3.10 bits per heavy atom. The van der Waals surface area contributed by atoms with Crippen molar-refractivity contribution in [3.8, 4) is 16.3 Å². The van der Waals surface area contributed by atoms with Crippen LogP contribution < -0.4 is 5.32 Å². The number of nitrogens with one attached hydrogen (secondary N) is 1. The molecule has 1 heterocycles. The largest absolute Gasteiger partial charge is 0.506 e. The fourth-order valence-corrected chi connectivity index (χ4v) is 4.02. The summed E-state index contributed by atoms with van der Waals surface area (Å²) < 4.78 is 0. The number of hydrogen-bond donors (Lipinski definition) is 2. The standard InChI is InChI=1S/C15H17ClN2OS/c1-2-17-11-4-3-5-12-14(11)20-15(18-12)9-6-7-13(19)10(16)8-9/h6-8,11,17,19H,2-5H2,1H3. The highest BCUT2D eigenvalue weighted by Gasteiger charge is 2.24. The summed E-state index contributed by atoms with van der Waals surface area (Å²) in [5.74, 6) is 0.113. The molecule has 2 aromatic rings. The number of phenolic OH excluding ortho intramolecular Hbond substituents is 1. The van der Waals surface area contributed by atoms with Gasteiger partial charge in [-0.25, -0.2) is 4.98 Å². The third-order valence-corrected chi connectivity index (χ3v) is 5.16. The van der Waals surface area contributed by atoms with E-state index in [0.29, 0.717) is 11.1 Å². The second-order valence-electron chi connectivity index (χ2n) is 5.00. The minimum absolute atomic E-state index is 0.113. The van der Waals surface area contributed by atoms with Gasteiger partial charge in [-0.3, -0.25) is 0 Å². The Morgan fingerprint density at radius 1 is 1.50 bits per heavy atom. The number of rotatable bonds is 3. The van der Waals surface area contributed by atoms with Crippen molar-refractivity contribution in [3.05, 3.63) is 33.8 Å². The number of aromatic nitrogens is 1. The number of fused-ring (bicyclic) bond motifs is 1. The lowest BCUT2D eigenvalue weighted by molar-refractivity contribution is 0.475. The van der Waals surface area contributed by atoms with Gasteiger partial charge in [0, 0.05) is 16.5 Å². The van der Waals surface area contributed by atoms with Gasteiger partial charge in [0.25, 0.3) is 0 Å². The third-order valence-electron chi connectivity index (χ3n) is 3.60. The van der Waals surface area contributed by atoms with Gasteiger partial charge in [0.05, 0.1) is 10.7 Å². The Balaban J connectivity index is 1.97. The highest BCUT2D eigenvalue weighted by Crippen LogP contribution is 2.39. The van der Waals surface area contributed by atoms with Crippen molar-refractivity contribution in [3.63, 3.8) is 0 Å². The smallest absolute Gasteiger partial charge is 0.134 e. The van der Waals surface area contributed by atoms with Crippen LogP contribution in [0.4, 0.5) is 0 Å². The molecule has 0 saturated heterocycles. The zero-order valence-corrected chi connectivity index (χ0v) is 12.9. The third kappa shape index (κ3) is 2.55. The highest BCUT2D eigenvalue weighted by molar-refractivity contribution is 7.15. The topological polar surface area (TPSA) is 45.2 Å². The van der Waals surface area contributed by atoms with E-state index in [-0.39, 0.29) is 5.75 Å². The van der Waals surface area contributed by atoms with Crippen molar-refractivity contribution in [2.75, 3.05) is 6.54 Å². The minimum atomic E-state index is 0.113. The second kappa shape index (κ2) is 5.72. The first kappa shape index (κ1) is 13.9. The molecule has 1 aliphatic carbocycles. The van der Waals surface area contributed by atoms with E-state index in [1.807, 2.05) is 6.07 Å². The maximum atomic E-state index is 9.51. The molecule has 3 rings (SSSR count). The minimum Gasteiger partial charge on any atom is -0.506 e. The number of thiazole rings is 1. The fraction of sp³-hybridized carbons (Fsp3) is 0.400. The van der Waals surface area contributed by atoms with E-state index in [0.717, 1.165) is 23.5 Å². The first-order valence-electron chi connectivity index (χ1n) is 6.91. The van der Waals surface area contributed by atoms with E-state index < -0.39 is 0 Å².